The third-order valence-corrected chi connectivity index (χ3v) is 4.05. The summed E-state index contributed by atoms with van der Waals surface area (Å²) < 4.78 is 10.5. The number of anilines is 1. The molecule has 0 saturated carbocycles. The minimum Gasteiger partial charge on any atom is -0.444 e. The van der Waals surface area contributed by atoms with E-state index in [2.05, 4.69) is 27.1 Å². The molecule has 2 rings (SSSR count). The summed E-state index contributed by atoms with van der Waals surface area (Å²) in [6.07, 6.45) is 1.35. The average molecular weight is 350 g/mol. The Hall–Kier alpha value is -1.89. The Morgan fingerprint density at radius 2 is 2.12 bits per heavy atom. The van der Waals surface area contributed by atoms with Crippen molar-refractivity contribution in [1.29, 1.82) is 0 Å². The van der Waals surface area contributed by atoms with Gasteiger partial charge in [0, 0.05) is 37.5 Å². The minimum atomic E-state index is -0.480. The number of nitrogens with one attached hydrogen (secondary N) is 1. The second-order valence-electron chi connectivity index (χ2n) is 7.63. The first-order valence-corrected chi connectivity index (χ1v) is 8.77. The Labute approximate surface area is 150 Å². The third-order valence-electron chi connectivity index (χ3n) is 4.05. The van der Waals surface area contributed by atoms with Crippen molar-refractivity contribution < 1.29 is 14.3 Å². The van der Waals surface area contributed by atoms with Gasteiger partial charge >= 0.3 is 6.09 Å². The number of amides is 1. The Balaban J connectivity index is 1.99. The topological polar surface area (TPSA) is 76.6 Å². The number of alkyl carbamates (subject to hydrolysis) is 1. The van der Waals surface area contributed by atoms with E-state index in [4.69, 9.17) is 9.47 Å². The quantitative estimate of drug-likeness (QED) is 0.900. The highest BCUT2D eigenvalue weighted by atomic mass is 16.6. The monoisotopic (exact) mass is 350 g/mol. The molecule has 25 heavy (non-hydrogen) atoms. The van der Waals surface area contributed by atoms with Gasteiger partial charge in [0.05, 0.1) is 0 Å². The van der Waals surface area contributed by atoms with Crippen LogP contribution in [0, 0.1) is 6.92 Å². The first kappa shape index (κ1) is 19.4. The van der Waals surface area contributed by atoms with Crippen LogP contribution in [0.1, 0.15) is 52.1 Å². The molecule has 0 aliphatic carbocycles. The highest BCUT2D eigenvalue weighted by Crippen LogP contribution is 2.24. The number of hydrogen-bond acceptors (Lipinski definition) is 6. The van der Waals surface area contributed by atoms with Gasteiger partial charge < -0.3 is 19.7 Å². The summed E-state index contributed by atoms with van der Waals surface area (Å²) >= 11 is 0. The Morgan fingerprint density at radius 1 is 1.40 bits per heavy atom. The third kappa shape index (κ3) is 5.85. The van der Waals surface area contributed by atoms with Crippen LogP contribution in [0.5, 0.6) is 0 Å². The summed E-state index contributed by atoms with van der Waals surface area (Å²) in [5.41, 5.74) is 0.449. The molecule has 0 spiro atoms. The minimum absolute atomic E-state index is 0.113. The predicted molar refractivity (Wildman–Crippen MR) is 96.7 cm³/mol. The normalized spacial score (nSPS) is 21.1. The molecule has 2 heterocycles. The van der Waals surface area contributed by atoms with Gasteiger partial charge in [0.25, 0.3) is 0 Å². The van der Waals surface area contributed by atoms with Gasteiger partial charge in [0.15, 0.2) is 5.82 Å². The molecule has 1 fully saturated rings. The maximum atomic E-state index is 12.0. The lowest BCUT2D eigenvalue weighted by molar-refractivity contribution is 0.0494. The predicted octanol–water partition coefficient (Wildman–Crippen LogP) is 2.81. The van der Waals surface area contributed by atoms with Crippen molar-refractivity contribution in [2.75, 3.05) is 18.6 Å². The maximum Gasteiger partial charge on any atom is 0.407 e. The standard InChI is InChI=1S/C18H30N4O3/c1-12-9-16(21-15(19-12)11-24-6)22-8-7-14(10-13(22)2)20-17(23)25-18(3,4)5/h9,13-14H,7-8,10-11H2,1-6H3,(H,20,23). The van der Waals surface area contributed by atoms with Gasteiger partial charge in [-0.1, -0.05) is 0 Å². The lowest BCUT2D eigenvalue weighted by Crippen LogP contribution is -2.50. The van der Waals surface area contributed by atoms with Gasteiger partial charge in [-0.15, -0.1) is 0 Å². The number of aryl methyl sites for hydroxylation is 1. The van der Waals surface area contributed by atoms with Crippen molar-refractivity contribution in [1.82, 2.24) is 15.3 Å². The number of rotatable bonds is 4. The number of nitrogens with zero attached hydrogens (tertiary/aromatic N) is 3. The van der Waals surface area contributed by atoms with E-state index in [0.29, 0.717) is 12.4 Å². The molecule has 140 valence electrons. The average Bonchev–Trinajstić information content (AvgIpc) is 2.44. The number of ether oxygens (including phenoxy) is 2. The van der Waals surface area contributed by atoms with Crippen LogP contribution >= 0.6 is 0 Å². The Bertz CT molecular complexity index is 600. The number of hydrogen-bond donors (Lipinski definition) is 1. The molecule has 0 bridgehead atoms. The van der Waals surface area contributed by atoms with Crippen LogP contribution < -0.4 is 10.2 Å². The molecule has 2 unspecified atom stereocenters. The molecular formula is C18H30N4O3. The summed E-state index contributed by atoms with van der Waals surface area (Å²) in [5, 5.41) is 2.98. The van der Waals surface area contributed by atoms with E-state index < -0.39 is 5.60 Å². The van der Waals surface area contributed by atoms with Crippen LogP contribution in [0.2, 0.25) is 0 Å². The number of carbonyl (C=O) groups is 1. The van der Waals surface area contributed by atoms with Crippen LogP contribution in [-0.4, -0.2) is 47.4 Å². The van der Waals surface area contributed by atoms with E-state index in [1.54, 1.807) is 7.11 Å². The van der Waals surface area contributed by atoms with Crippen molar-refractivity contribution in [3.05, 3.63) is 17.6 Å². The van der Waals surface area contributed by atoms with Gasteiger partial charge in [-0.3, -0.25) is 0 Å². The summed E-state index contributed by atoms with van der Waals surface area (Å²) in [7, 11) is 1.64. The molecule has 1 saturated heterocycles. The van der Waals surface area contributed by atoms with E-state index in [1.165, 1.54) is 0 Å². The molecule has 0 aromatic carbocycles. The van der Waals surface area contributed by atoms with E-state index >= 15 is 0 Å². The fourth-order valence-corrected chi connectivity index (χ4v) is 3.07. The summed E-state index contributed by atoms with van der Waals surface area (Å²) in [6.45, 7) is 10.9. The molecule has 1 aliphatic rings. The molecule has 2 atom stereocenters. The highest BCUT2D eigenvalue weighted by molar-refractivity contribution is 5.68. The number of methoxy groups -OCH3 is 1. The van der Waals surface area contributed by atoms with Gasteiger partial charge in [0.1, 0.15) is 18.0 Å². The molecule has 7 nitrogen and oxygen atoms in total. The lowest BCUT2D eigenvalue weighted by Gasteiger charge is -2.39. The van der Waals surface area contributed by atoms with Gasteiger partial charge in [-0.25, -0.2) is 14.8 Å². The van der Waals surface area contributed by atoms with Crippen LogP contribution in [-0.2, 0) is 16.1 Å². The van der Waals surface area contributed by atoms with Crippen molar-refractivity contribution in [2.45, 2.75) is 71.8 Å². The van der Waals surface area contributed by atoms with Crippen LogP contribution in [0.25, 0.3) is 0 Å². The van der Waals surface area contributed by atoms with Crippen molar-refractivity contribution in [2.24, 2.45) is 0 Å². The fourth-order valence-electron chi connectivity index (χ4n) is 3.07. The first-order chi connectivity index (χ1) is 11.7. The maximum absolute atomic E-state index is 12.0. The number of carbonyl (C=O) groups excluding carboxylic acids is 1. The Morgan fingerprint density at radius 3 is 2.72 bits per heavy atom. The van der Waals surface area contributed by atoms with Crippen LogP contribution in [0.4, 0.5) is 10.6 Å². The number of piperidine rings is 1. The second-order valence-corrected chi connectivity index (χ2v) is 7.63. The molecular weight excluding hydrogens is 320 g/mol. The van der Waals surface area contributed by atoms with Gasteiger partial charge in [-0.05, 0) is 47.5 Å². The van der Waals surface area contributed by atoms with E-state index in [-0.39, 0.29) is 18.2 Å². The van der Waals surface area contributed by atoms with Crippen molar-refractivity contribution in [3.8, 4) is 0 Å². The molecule has 1 amide bonds. The fraction of sp³-hybridized carbons (Fsp3) is 0.722. The molecule has 1 aromatic rings. The Kier molecular flexibility index (Phi) is 6.21. The summed E-state index contributed by atoms with van der Waals surface area (Å²) in [6, 6.07) is 2.37. The zero-order valence-corrected chi connectivity index (χ0v) is 16.1. The van der Waals surface area contributed by atoms with Gasteiger partial charge in [0.2, 0.25) is 0 Å². The molecule has 7 heteroatoms. The van der Waals surface area contributed by atoms with E-state index in [9.17, 15) is 4.79 Å². The highest BCUT2D eigenvalue weighted by Gasteiger charge is 2.29. The SMILES string of the molecule is COCc1nc(C)cc(N2CCC(NC(=O)OC(C)(C)C)CC2C)n1. The van der Waals surface area contributed by atoms with Crippen LogP contribution in [0.15, 0.2) is 6.07 Å². The summed E-state index contributed by atoms with van der Waals surface area (Å²) in [4.78, 5) is 23.2. The van der Waals surface area contributed by atoms with E-state index in [1.807, 2.05) is 33.8 Å². The van der Waals surface area contributed by atoms with Crippen molar-refractivity contribution in [3.63, 3.8) is 0 Å². The number of aromatic nitrogens is 2. The lowest BCUT2D eigenvalue weighted by atomic mass is 9.98. The molecule has 1 aromatic heterocycles. The van der Waals surface area contributed by atoms with Gasteiger partial charge in [-0.2, -0.15) is 0 Å². The van der Waals surface area contributed by atoms with E-state index in [0.717, 1.165) is 30.9 Å². The second kappa shape index (κ2) is 7.99. The largest absolute Gasteiger partial charge is 0.444 e. The first-order valence-electron chi connectivity index (χ1n) is 8.77. The molecule has 1 aliphatic heterocycles. The van der Waals surface area contributed by atoms with Crippen molar-refractivity contribution >= 4 is 11.9 Å². The zero-order chi connectivity index (χ0) is 18.6. The smallest absolute Gasteiger partial charge is 0.407 e. The molecule has 0 radical (unpaired) electrons. The zero-order valence-electron chi connectivity index (χ0n) is 16.1. The van der Waals surface area contributed by atoms with Crippen LogP contribution in [0.3, 0.4) is 0 Å². The molecule has 1 N–H and O–H groups in total. The summed E-state index contributed by atoms with van der Waals surface area (Å²) in [5.74, 6) is 1.61.